The Labute approximate surface area is 511 Å². The minimum atomic E-state index is -0.823. The van der Waals surface area contributed by atoms with Crippen molar-refractivity contribution in [1.29, 1.82) is 0 Å². The fraction of sp³-hybridized carbons (Fsp3) is 0.597. The Hall–Kier alpha value is -5.23. The highest BCUT2D eigenvalue weighted by Gasteiger charge is 2.19. The summed E-state index contributed by atoms with van der Waals surface area (Å²) >= 11 is 0. The van der Waals surface area contributed by atoms with Crippen LogP contribution in [0.3, 0.4) is 0 Å². The topological polar surface area (TPSA) is 78.9 Å². The van der Waals surface area contributed by atoms with Crippen LogP contribution in [-0.4, -0.2) is 37.2 Å². The van der Waals surface area contributed by atoms with E-state index in [-0.39, 0.29) is 37.5 Å². The third kappa shape index (κ3) is 67.4. The number of unbranched alkanes of at least 4 members (excludes halogenated alkanes) is 20. The number of rotatable bonds is 59. The summed E-state index contributed by atoms with van der Waals surface area (Å²) in [4.78, 5) is 38.4. The molecule has 0 aromatic rings. The molecule has 0 aliphatic rings. The molecule has 466 valence electrons. The second-order valence-electron chi connectivity index (χ2n) is 21.6. The Morgan fingerprint density at radius 2 is 0.482 bits per heavy atom. The maximum Gasteiger partial charge on any atom is 0.306 e. The van der Waals surface area contributed by atoms with Gasteiger partial charge in [-0.3, -0.25) is 14.4 Å². The lowest BCUT2D eigenvalue weighted by atomic mass is 10.1. The third-order valence-electron chi connectivity index (χ3n) is 13.7. The third-order valence-corrected chi connectivity index (χ3v) is 13.7. The molecule has 0 radical (unpaired) electrons. The van der Waals surface area contributed by atoms with Crippen LogP contribution in [-0.2, 0) is 28.6 Å². The number of ether oxygens (including phenoxy) is 3. The molecule has 0 aromatic carbocycles. The van der Waals surface area contributed by atoms with E-state index in [0.29, 0.717) is 19.3 Å². The molecule has 0 aliphatic carbocycles. The van der Waals surface area contributed by atoms with Crippen LogP contribution in [0.4, 0.5) is 0 Å². The molecule has 0 saturated heterocycles. The molecule has 0 heterocycles. The van der Waals surface area contributed by atoms with Gasteiger partial charge < -0.3 is 14.2 Å². The van der Waals surface area contributed by atoms with Crippen molar-refractivity contribution in [2.45, 2.75) is 284 Å². The van der Waals surface area contributed by atoms with Crippen LogP contribution in [0.15, 0.2) is 170 Å². The maximum atomic E-state index is 12.9. The van der Waals surface area contributed by atoms with Gasteiger partial charge in [-0.2, -0.15) is 0 Å². The summed E-state index contributed by atoms with van der Waals surface area (Å²) < 4.78 is 16.9. The van der Waals surface area contributed by atoms with E-state index in [1.807, 2.05) is 0 Å². The molecule has 0 aliphatic heterocycles. The van der Waals surface area contributed by atoms with Crippen molar-refractivity contribution in [3.05, 3.63) is 170 Å². The summed E-state index contributed by atoms with van der Waals surface area (Å²) in [6, 6.07) is 0. The lowest BCUT2D eigenvalue weighted by Crippen LogP contribution is -2.30. The molecule has 0 bridgehead atoms. The van der Waals surface area contributed by atoms with Gasteiger partial charge >= 0.3 is 17.9 Å². The molecular weight excluding hydrogens is 1020 g/mol. The highest BCUT2D eigenvalue weighted by atomic mass is 16.6. The zero-order valence-electron chi connectivity index (χ0n) is 53.4. The predicted octanol–water partition coefficient (Wildman–Crippen LogP) is 23.4. The highest BCUT2D eigenvalue weighted by molar-refractivity contribution is 5.71. The molecule has 0 spiro atoms. The van der Waals surface area contributed by atoms with Gasteiger partial charge in [0.25, 0.3) is 0 Å². The molecule has 6 heteroatoms. The lowest BCUT2D eigenvalue weighted by molar-refractivity contribution is -0.167. The smallest absolute Gasteiger partial charge is 0.306 e. The second kappa shape index (κ2) is 69.3. The number of carbonyl (C=O) groups excluding carboxylic acids is 3. The van der Waals surface area contributed by atoms with Crippen molar-refractivity contribution < 1.29 is 28.6 Å². The standard InChI is InChI=1S/C77H122O6/c1-4-7-10-13-16-19-22-25-28-31-33-35-36-37-38-39-40-42-43-46-49-52-55-58-61-64-67-70-76(79)82-73-74(72-81-75(78)69-66-63-60-57-54-51-48-45-30-27-24-21-18-15-12-9-6-3)83-77(80)71-68-65-62-59-56-53-50-47-44-41-34-32-29-26-23-20-17-14-11-8-5-2/h7,9-10,12,16,18-19,21,23,25-28,30,32-35,37-38,40,42,46,48-49,51,57,60,74H,4-6,8,11,13-15,17,20,22,24,29,31,36,39,41,43-45,47,50,52-56,58-59,61-73H2,1-3H3/b10-7-,12-9-,19-16-,21-18-,26-23-,28-25-,30-27-,34-32-,35-33-,38-37-,42-40-,49-46-,51-48-,60-57-. The molecule has 0 saturated carbocycles. The molecule has 6 nitrogen and oxygen atoms in total. The molecular formula is C77H122O6. The van der Waals surface area contributed by atoms with E-state index in [1.165, 1.54) is 83.5 Å². The van der Waals surface area contributed by atoms with E-state index in [9.17, 15) is 14.4 Å². The van der Waals surface area contributed by atoms with E-state index in [2.05, 4.69) is 191 Å². The second-order valence-corrected chi connectivity index (χ2v) is 21.6. The van der Waals surface area contributed by atoms with Gasteiger partial charge in [0.2, 0.25) is 0 Å². The molecule has 0 amide bonds. The van der Waals surface area contributed by atoms with Crippen molar-refractivity contribution in [2.75, 3.05) is 13.2 Å². The first kappa shape index (κ1) is 77.8. The van der Waals surface area contributed by atoms with E-state index in [1.54, 1.807) is 0 Å². The van der Waals surface area contributed by atoms with E-state index in [4.69, 9.17) is 14.2 Å². The van der Waals surface area contributed by atoms with Crippen LogP contribution in [0.1, 0.15) is 278 Å². The Balaban J connectivity index is 4.51. The van der Waals surface area contributed by atoms with Crippen LogP contribution >= 0.6 is 0 Å². The summed E-state index contributed by atoms with van der Waals surface area (Å²) in [5, 5.41) is 0. The van der Waals surface area contributed by atoms with Crippen LogP contribution in [0.2, 0.25) is 0 Å². The van der Waals surface area contributed by atoms with Crippen molar-refractivity contribution in [2.24, 2.45) is 0 Å². The number of hydrogen-bond donors (Lipinski definition) is 0. The van der Waals surface area contributed by atoms with Gasteiger partial charge in [0, 0.05) is 19.3 Å². The van der Waals surface area contributed by atoms with E-state index < -0.39 is 6.10 Å². The monoisotopic (exact) mass is 1140 g/mol. The number of esters is 3. The normalized spacial score (nSPS) is 13.2. The Morgan fingerprint density at radius 3 is 0.783 bits per heavy atom. The average Bonchev–Trinajstić information content (AvgIpc) is 3.49. The van der Waals surface area contributed by atoms with Gasteiger partial charge in [-0.1, -0.05) is 281 Å². The van der Waals surface area contributed by atoms with Crippen LogP contribution in [0.5, 0.6) is 0 Å². The zero-order chi connectivity index (χ0) is 59.9. The van der Waals surface area contributed by atoms with Gasteiger partial charge in [0.15, 0.2) is 6.10 Å². The van der Waals surface area contributed by atoms with Crippen LogP contribution in [0, 0.1) is 0 Å². The maximum absolute atomic E-state index is 12.9. The summed E-state index contributed by atoms with van der Waals surface area (Å²) in [5.74, 6) is -0.999. The molecule has 1 unspecified atom stereocenters. The van der Waals surface area contributed by atoms with Gasteiger partial charge in [-0.25, -0.2) is 0 Å². The minimum absolute atomic E-state index is 0.115. The molecule has 0 N–H and O–H groups in total. The molecule has 0 aromatic heterocycles. The summed E-state index contributed by atoms with van der Waals surface area (Å²) in [5.41, 5.74) is 0. The quantitative estimate of drug-likeness (QED) is 0.0261. The number of carbonyl (C=O) groups is 3. The molecule has 0 rings (SSSR count). The number of allylic oxidation sites excluding steroid dienone is 28. The Bertz CT molecular complexity index is 1890. The lowest BCUT2D eigenvalue weighted by Gasteiger charge is -2.18. The van der Waals surface area contributed by atoms with E-state index >= 15 is 0 Å². The first-order chi connectivity index (χ1) is 41.0. The van der Waals surface area contributed by atoms with Gasteiger partial charge in [0.05, 0.1) is 0 Å². The zero-order valence-corrected chi connectivity index (χ0v) is 53.4. The fourth-order valence-electron chi connectivity index (χ4n) is 8.72. The first-order valence-electron chi connectivity index (χ1n) is 33.6. The van der Waals surface area contributed by atoms with Crippen molar-refractivity contribution in [3.63, 3.8) is 0 Å². The summed E-state index contributed by atoms with van der Waals surface area (Å²) in [6.45, 7) is 6.34. The van der Waals surface area contributed by atoms with Crippen molar-refractivity contribution in [3.8, 4) is 0 Å². The van der Waals surface area contributed by atoms with E-state index in [0.717, 1.165) is 148 Å². The van der Waals surface area contributed by atoms with Gasteiger partial charge in [-0.15, -0.1) is 0 Å². The van der Waals surface area contributed by atoms with Crippen molar-refractivity contribution in [1.82, 2.24) is 0 Å². The first-order valence-corrected chi connectivity index (χ1v) is 33.6. The fourth-order valence-corrected chi connectivity index (χ4v) is 8.72. The SMILES string of the molecule is CC/C=C\C/C=C\C/C=C\C/C=C\C/C=C\C/C=C\C/C=C\CCCCCCCC(=O)OCC(COC(=O)CCC/C=C\C/C=C\C/C=C\C/C=C\C/C=C\CC)OC(=O)CCCCCCCCCCC/C=C\C/C=C\CCCCCCC. The van der Waals surface area contributed by atoms with Gasteiger partial charge in [0.1, 0.15) is 13.2 Å². The van der Waals surface area contributed by atoms with Crippen LogP contribution < -0.4 is 0 Å². The molecule has 83 heavy (non-hydrogen) atoms. The van der Waals surface area contributed by atoms with Gasteiger partial charge in [-0.05, 0) is 148 Å². The summed E-state index contributed by atoms with van der Waals surface area (Å²) in [6.07, 6.45) is 102. The Kier molecular flexibility index (Phi) is 64.9. The summed E-state index contributed by atoms with van der Waals surface area (Å²) in [7, 11) is 0. The minimum Gasteiger partial charge on any atom is -0.462 e. The highest BCUT2D eigenvalue weighted by Crippen LogP contribution is 2.14. The molecule has 1 atom stereocenters. The average molecular weight is 1140 g/mol. The predicted molar refractivity (Wildman–Crippen MR) is 361 cm³/mol. The Morgan fingerprint density at radius 1 is 0.253 bits per heavy atom. The van der Waals surface area contributed by atoms with Crippen LogP contribution in [0.25, 0.3) is 0 Å². The molecule has 0 fully saturated rings. The largest absolute Gasteiger partial charge is 0.462 e. The number of hydrogen-bond acceptors (Lipinski definition) is 6. The van der Waals surface area contributed by atoms with Crippen molar-refractivity contribution >= 4 is 17.9 Å².